The first-order valence-corrected chi connectivity index (χ1v) is 8.85. The van der Waals surface area contributed by atoms with Crippen LogP contribution in [0.1, 0.15) is 29.4 Å². The highest BCUT2D eigenvalue weighted by molar-refractivity contribution is 7.14. The number of benzene rings is 1. The van der Waals surface area contributed by atoms with Gasteiger partial charge >= 0.3 is 0 Å². The number of nitrogens with one attached hydrogen (secondary N) is 2. The van der Waals surface area contributed by atoms with E-state index in [1.807, 2.05) is 0 Å². The standard InChI is InChI=1S/C17H20N4O2S/c1-12(22)19-17-20-14(11-24-17)16(23)18-8-4-9-21-10-7-13-5-2-3-6-15(13)21/h2-3,5-6,11H,4,7-10H2,1H3,(H,18,23)(H,19,20,22). The van der Waals surface area contributed by atoms with E-state index >= 15 is 0 Å². The lowest BCUT2D eigenvalue weighted by molar-refractivity contribution is -0.114. The maximum atomic E-state index is 12.0. The molecule has 0 saturated carbocycles. The molecule has 2 amide bonds. The molecular formula is C17H20N4O2S. The number of amides is 2. The number of carbonyl (C=O) groups excluding carboxylic acids is 2. The van der Waals surface area contributed by atoms with Gasteiger partial charge < -0.3 is 15.5 Å². The third-order valence-corrected chi connectivity index (χ3v) is 4.65. The minimum Gasteiger partial charge on any atom is -0.371 e. The zero-order valence-electron chi connectivity index (χ0n) is 13.5. The van der Waals surface area contributed by atoms with Crippen molar-refractivity contribution in [1.82, 2.24) is 10.3 Å². The molecule has 2 N–H and O–H groups in total. The van der Waals surface area contributed by atoms with Gasteiger partial charge in [0, 0.05) is 37.6 Å². The fourth-order valence-electron chi connectivity index (χ4n) is 2.79. The number of fused-ring (bicyclic) bond motifs is 1. The first-order chi connectivity index (χ1) is 11.6. The van der Waals surface area contributed by atoms with Crippen LogP contribution in [0.2, 0.25) is 0 Å². The first-order valence-electron chi connectivity index (χ1n) is 7.97. The molecule has 3 rings (SSSR count). The maximum Gasteiger partial charge on any atom is 0.270 e. The van der Waals surface area contributed by atoms with Crippen LogP contribution in [0.15, 0.2) is 29.6 Å². The molecule has 2 aromatic rings. The minimum absolute atomic E-state index is 0.192. The van der Waals surface area contributed by atoms with E-state index in [1.54, 1.807) is 5.38 Å². The molecule has 0 aliphatic carbocycles. The SMILES string of the molecule is CC(=O)Nc1nc(C(=O)NCCCN2CCc3ccccc32)cs1. The highest BCUT2D eigenvalue weighted by atomic mass is 32.1. The fourth-order valence-corrected chi connectivity index (χ4v) is 3.52. The molecule has 1 aromatic carbocycles. The number of thiazole rings is 1. The smallest absolute Gasteiger partial charge is 0.270 e. The molecule has 1 aromatic heterocycles. The molecule has 126 valence electrons. The predicted molar refractivity (Wildman–Crippen MR) is 95.7 cm³/mol. The number of hydrogen-bond donors (Lipinski definition) is 2. The Balaban J connectivity index is 1.43. The lowest BCUT2D eigenvalue weighted by atomic mass is 10.2. The summed E-state index contributed by atoms with van der Waals surface area (Å²) in [6.45, 7) is 3.98. The van der Waals surface area contributed by atoms with Crippen LogP contribution in [-0.4, -0.2) is 36.4 Å². The molecule has 0 radical (unpaired) electrons. The average molecular weight is 344 g/mol. The van der Waals surface area contributed by atoms with Crippen molar-refractivity contribution in [3.05, 3.63) is 40.9 Å². The lowest BCUT2D eigenvalue weighted by Crippen LogP contribution is -2.29. The van der Waals surface area contributed by atoms with Gasteiger partial charge in [-0.3, -0.25) is 9.59 Å². The van der Waals surface area contributed by atoms with Gasteiger partial charge in [-0.05, 0) is 24.5 Å². The molecule has 0 atom stereocenters. The Bertz CT molecular complexity index is 744. The summed E-state index contributed by atoms with van der Waals surface area (Å²) in [5.41, 5.74) is 3.05. The first kappa shape index (κ1) is 16.4. The van der Waals surface area contributed by atoms with Crippen molar-refractivity contribution in [3.8, 4) is 0 Å². The molecule has 1 aliphatic heterocycles. The molecule has 7 heteroatoms. The van der Waals surface area contributed by atoms with Crippen molar-refractivity contribution < 1.29 is 9.59 Å². The van der Waals surface area contributed by atoms with Gasteiger partial charge in [-0.2, -0.15) is 0 Å². The number of carbonyl (C=O) groups is 2. The Kier molecular flexibility index (Phi) is 5.10. The third kappa shape index (κ3) is 3.91. The number of para-hydroxylation sites is 1. The topological polar surface area (TPSA) is 74.3 Å². The van der Waals surface area contributed by atoms with Crippen molar-refractivity contribution >= 4 is 34.0 Å². The summed E-state index contributed by atoms with van der Waals surface area (Å²) >= 11 is 1.25. The van der Waals surface area contributed by atoms with Crippen LogP contribution in [0.5, 0.6) is 0 Å². The normalized spacial score (nSPS) is 12.8. The van der Waals surface area contributed by atoms with E-state index in [2.05, 4.69) is 44.8 Å². The van der Waals surface area contributed by atoms with Gasteiger partial charge in [-0.25, -0.2) is 4.98 Å². The summed E-state index contributed by atoms with van der Waals surface area (Å²) in [5, 5.41) is 7.55. The van der Waals surface area contributed by atoms with E-state index in [-0.39, 0.29) is 11.8 Å². The van der Waals surface area contributed by atoms with E-state index in [1.165, 1.54) is 29.5 Å². The number of hydrogen-bond acceptors (Lipinski definition) is 5. The molecule has 24 heavy (non-hydrogen) atoms. The Labute approximate surface area is 144 Å². The van der Waals surface area contributed by atoms with Crippen LogP contribution in [0, 0.1) is 0 Å². The van der Waals surface area contributed by atoms with E-state index in [4.69, 9.17) is 0 Å². The summed E-state index contributed by atoms with van der Waals surface area (Å²) in [7, 11) is 0. The van der Waals surface area contributed by atoms with Crippen molar-refractivity contribution in [2.24, 2.45) is 0 Å². The molecule has 0 fully saturated rings. The highest BCUT2D eigenvalue weighted by Crippen LogP contribution is 2.27. The van der Waals surface area contributed by atoms with Gasteiger partial charge in [0.15, 0.2) is 5.13 Å². The van der Waals surface area contributed by atoms with Gasteiger partial charge in [0.25, 0.3) is 5.91 Å². The summed E-state index contributed by atoms with van der Waals surface area (Å²) < 4.78 is 0. The number of nitrogens with zero attached hydrogens (tertiary/aromatic N) is 2. The molecule has 0 unspecified atom stereocenters. The van der Waals surface area contributed by atoms with Crippen LogP contribution in [-0.2, 0) is 11.2 Å². The van der Waals surface area contributed by atoms with Gasteiger partial charge in [0.05, 0.1) is 0 Å². The van der Waals surface area contributed by atoms with Gasteiger partial charge in [-0.15, -0.1) is 11.3 Å². The lowest BCUT2D eigenvalue weighted by Gasteiger charge is -2.19. The Hall–Kier alpha value is -2.41. The monoisotopic (exact) mass is 344 g/mol. The largest absolute Gasteiger partial charge is 0.371 e. The number of aromatic nitrogens is 1. The predicted octanol–water partition coefficient (Wildman–Crippen LogP) is 2.28. The summed E-state index contributed by atoms with van der Waals surface area (Å²) in [6, 6.07) is 8.46. The Morgan fingerprint density at radius 3 is 3.00 bits per heavy atom. The van der Waals surface area contributed by atoms with Gasteiger partial charge in [0.2, 0.25) is 5.91 Å². The summed E-state index contributed by atoms with van der Waals surface area (Å²) in [4.78, 5) is 29.5. The molecule has 6 nitrogen and oxygen atoms in total. The zero-order chi connectivity index (χ0) is 16.9. The highest BCUT2D eigenvalue weighted by Gasteiger charge is 2.17. The Morgan fingerprint density at radius 2 is 2.17 bits per heavy atom. The van der Waals surface area contributed by atoms with Crippen LogP contribution >= 0.6 is 11.3 Å². The van der Waals surface area contributed by atoms with Crippen molar-refractivity contribution in [2.45, 2.75) is 19.8 Å². The minimum atomic E-state index is -0.204. The van der Waals surface area contributed by atoms with Crippen molar-refractivity contribution in [3.63, 3.8) is 0 Å². The van der Waals surface area contributed by atoms with E-state index < -0.39 is 0 Å². The number of anilines is 2. The molecule has 1 aliphatic rings. The Morgan fingerprint density at radius 1 is 1.33 bits per heavy atom. The molecule has 2 heterocycles. The van der Waals surface area contributed by atoms with Crippen LogP contribution in [0.25, 0.3) is 0 Å². The second-order valence-corrected chi connectivity index (χ2v) is 6.55. The van der Waals surface area contributed by atoms with Crippen LogP contribution in [0.3, 0.4) is 0 Å². The molecule has 0 bridgehead atoms. The van der Waals surface area contributed by atoms with Crippen molar-refractivity contribution in [1.29, 1.82) is 0 Å². The van der Waals surface area contributed by atoms with E-state index in [0.29, 0.717) is 17.4 Å². The molecular weight excluding hydrogens is 324 g/mol. The fraction of sp³-hybridized carbons (Fsp3) is 0.353. The second kappa shape index (κ2) is 7.44. The molecule has 0 spiro atoms. The number of rotatable bonds is 6. The maximum absolute atomic E-state index is 12.0. The van der Waals surface area contributed by atoms with Crippen molar-refractivity contribution in [2.75, 3.05) is 29.9 Å². The van der Waals surface area contributed by atoms with E-state index in [9.17, 15) is 9.59 Å². The average Bonchev–Trinajstić information content (AvgIpc) is 3.18. The summed E-state index contributed by atoms with van der Waals surface area (Å²) in [6.07, 6.45) is 1.97. The quantitative estimate of drug-likeness (QED) is 0.789. The van der Waals surface area contributed by atoms with Gasteiger partial charge in [0.1, 0.15) is 5.69 Å². The van der Waals surface area contributed by atoms with Gasteiger partial charge in [-0.1, -0.05) is 18.2 Å². The van der Waals surface area contributed by atoms with Crippen LogP contribution in [0.4, 0.5) is 10.8 Å². The zero-order valence-corrected chi connectivity index (χ0v) is 14.4. The molecule has 0 saturated heterocycles. The summed E-state index contributed by atoms with van der Waals surface area (Å²) in [5.74, 6) is -0.396. The van der Waals surface area contributed by atoms with Crippen LogP contribution < -0.4 is 15.5 Å². The third-order valence-electron chi connectivity index (χ3n) is 3.89. The second-order valence-electron chi connectivity index (χ2n) is 5.69. The van der Waals surface area contributed by atoms with E-state index in [0.717, 1.165) is 25.9 Å².